The molecule has 1 aromatic carbocycles. The molecule has 0 saturated carbocycles. The zero-order valence-corrected chi connectivity index (χ0v) is 16.1. The average molecular weight is 396 g/mol. The van der Waals surface area contributed by atoms with Crippen LogP contribution >= 0.6 is 32.9 Å². The highest BCUT2D eigenvalue weighted by atomic mass is 33.1. The van der Waals surface area contributed by atoms with Gasteiger partial charge in [0.05, 0.1) is 16.6 Å². The first kappa shape index (κ1) is 18.1. The number of carbonyl (C=O) groups excluding carboxylic acids is 1. The van der Waals surface area contributed by atoms with E-state index in [-0.39, 0.29) is 17.0 Å². The van der Waals surface area contributed by atoms with Gasteiger partial charge in [0.15, 0.2) is 4.34 Å². The number of amides is 1. The molecule has 1 aliphatic rings. The average Bonchev–Trinajstić information content (AvgIpc) is 2.98. The summed E-state index contributed by atoms with van der Waals surface area (Å²) in [6.45, 7) is 4.17. The van der Waals surface area contributed by atoms with Gasteiger partial charge < -0.3 is 10.4 Å². The lowest BCUT2D eigenvalue weighted by molar-refractivity contribution is -0.146. The summed E-state index contributed by atoms with van der Waals surface area (Å²) in [6.07, 6.45) is 0.332. The van der Waals surface area contributed by atoms with Crippen LogP contribution in [0.2, 0.25) is 0 Å². The van der Waals surface area contributed by atoms with Crippen LogP contribution in [0.4, 0.5) is 0 Å². The highest BCUT2D eigenvalue weighted by molar-refractivity contribution is 8.77. The van der Waals surface area contributed by atoms with Gasteiger partial charge in [0.25, 0.3) is 0 Å². The van der Waals surface area contributed by atoms with Crippen LogP contribution in [-0.4, -0.2) is 38.8 Å². The van der Waals surface area contributed by atoms with Crippen LogP contribution in [0.1, 0.15) is 20.3 Å². The molecule has 1 aliphatic heterocycles. The first-order chi connectivity index (χ1) is 12.0. The number of aromatic nitrogens is 1. The number of carbonyl (C=O) groups is 2. The van der Waals surface area contributed by atoms with Crippen LogP contribution in [0.3, 0.4) is 0 Å². The van der Waals surface area contributed by atoms with Gasteiger partial charge in [-0.1, -0.05) is 22.9 Å². The zero-order valence-electron chi connectivity index (χ0n) is 13.7. The Morgan fingerprint density at radius 3 is 2.88 bits per heavy atom. The van der Waals surface area contributed by atoms with Crippen molar-refractivity contribution in [3.63, 3.8) is 0 Å². The summed E-state index contributed by atoms with van der Waals surface area (Å²) in [5.74, 6) is -1.26. The number of nitrogens with zero attached hydrogens (tertiary/aromatic N) is 2. The molecule has 1 unspecified atom stereocenters. The van der Waals surface area contributed by atoms with E-state index in [2.05, 4.69) is 10.3 Å². The lowest BCUT2D eigenvalue weighted by Gasteiger charge is -2.39. The number of aliphatic carboxylic acids is 1. The number of β-lactam (4-membered cyclic amide) rings is 1. The molecule has 1 fully saturated rings. The van der Waals surface area contributed by atoms with Crippen LogP contribution in [0, 0.1) is 0 Å². The molecule has 2 N–H and O–H groups in total. The van der Waals surface area contributed by atoms with Crippen molar-refractivity contribution in [2.24, 2.45) is 0 Å². The third-order valence-electron chi connectivity index (χ3n) is 3.65. The van der Waals surface area contributed by atoms with E-state index in [0.717, 1.165) is 14.6 Å². The molecule has 0 radical (unpaired) electrons. The lowest BCUT2D eigenvalue weighted by Crippen LogP contribution is -2.52. The molecule has 9 heteroatoms. The van der Waals surface area contributed by atoms with Crippen molar-refractivity contribution in [3.8, 4) is 0 Å². The number of nitrogens with one attached hydrogen (secondary N) is 1. The number of hydrogen-bond acceptors (Lipinski definition) is 7. The minimum atomic E-state index is -1.10. The SMILES string of the molecule is CCN/C(C)=C(\C(=O)O)N1C(=O)CC1SSc1nc2ccccc2s1. The van der Waals surface area contributed by atoms with E-state index >= 15 is 0 Å². The molecule has 3 rings (SSSR count). The van der Waals surface area contributed by atoms with Crippen molar-refractivity contribution in [2.75, 3.05) is 6.54 Å². The van der Waals surface area contributed by atoms with Crippen molar-refractivity contribution in [2.45, 2.75) is 30.0 Å². The molecule has 2 heterocycles. The molecule has 25 heavy (non-hydrogen) atoms. The van der Waals surface area contributed by atoms with Crippen molar-refractivity contribution >= 4 is 55.0 Å². The van der Waals surface area contributed by atoms with Gasteiger partial charge in [0.1, 0.15) is 11.1 Å². The molecular weight excluding hydrogens is 378 g/mol. The predicted octanol–water partition coefficient (Wildman–Crippen LogP) is 3.52. The first-order valence-corrected chi connectivity index (χ1v) is 10.7. The Balaban J connectivity index is 1.73. The predicted molar refractivity (Wildman–Crippen MR) is 102 cm³/mol. The van der Waals surface area contributed by atoms with Gasteiger partial charge in [-0.05, 0) is 36.8 Å². The Morgan fingerprint density at radius 1 is 1.48 bits per heavy atom. The van der Waals surface area contributed by atoms with Gasteiger partial charge in [0.2, 0.25) is 5.91 Å². The summed E-state index contributed by atoms with van der Waals surface area (Å²) >= 11 is 1.59. The van der Waals surface area contributed by atoms with Crippen LogP contribution in [-0.2, 0) is 9.59 Å². The van der Waals surface area contributed by atoms with Gasteiger partial charge in [-0.2, -0.15) is 0 Å². The number of hydrogen-bond donors (Lipinski definition) is 2. The molecule has 6 nitrogen and oxygen atoms in total. The maximum absolute atomic E-state index is 12.0. The van der Waals surface area contributed by atoms with Crippen molar-refractivity contribution in [1.82, 2.24) is 15.2 Å². The fourth-order valence-electron chi connectivity index (χ4n) is 2.51. The van der Waals surface area contributed by atoms with Gasteiger partial charge >= 0.3 is 5.97 Å². The fraction of sp³-hybridized carbons (Fsp3) is 0.312. The molecule has 0 aliphatic carbocycles. The van der Waals surface area contributed by atoms with Crippen LogP contribution in [0.25, 0.3) is 10.2 Å². The number of fused-ring (bicyclic) bond motifs is 1. The van der Waals surface area contributed by atoms with Gasteiger partial charge in [-0.25, -0.2) is 9.78 Å². The molecule has 1 amide bonds. The van der Waals surface area contributed by atoms with Crippen LogP contribution in [0.5, 0.6) is 0 Å². The Hall–Kier alpha value is -1.71. The Labute approximate surface area is 157 Å². The Kier molecular flexibility index (Phi) is 5.55. The molecular formula is C16H17N3O3S3. The van der Waals surface area contributed by atoms with Gasteiger partial charge in [-0.3, -0.25) is 9.69 Å². The maximum Gasteiger partial charge on any atom is 0.354 e. The first-order valence-electron chi connectivity index (χ1n) is 7.70. The second-order valence-electron chi connectivity index (χ2n) is 5.36. The molecule has 1 saturated heterocycles. The van der Waals surface area contributed by atoms with E-state index in [9.17, 15) is 14.7 Å². The standard InChI is InChI=1S/C16H17N3O3S3/c1-3-17-9(2)14(15(21)22)19-12(20)8-13(19)24-25-16-18-10-6-4-5-7-11(10)23-16/h4-7,13,17H,3,8H2,1-2H3,(H,21,22)/b14-9+. The van der Waals surface area contributed by atoms with E-state index < -0.39 is 5.97 Å². The van der Waals surface area contributed by atoms with E-state index in [1.165, 1.54) is 26.5 Å². The van der Waals surface area contributed by atoms with E-state index in [1.54, 1.807) is 18.3 Å². The third-order valence-corrected chi connectivity index (χ3v) is 7.66. The Bertz CT molecular complexity index is 816. The summed E-state index contributed by atoms with van der Waals surface area (Å²) in [6, 6.07) is 7.90. The summed E-state index contributed by atoms with van der Waals surface area (Å²) in [5.41, 5.74) is 1.48. The molecule has 0 spiro atoms. The minimum Gasteiger partial charge on any atom is -0.477 e. The van der Waals surface area contributed by atoms with E-state index in [4.69, 9.17) is 0 Å². The topological polar surface area (TPSA) is 82.5 Å². The fourth-order valence-corrected chi connectivity index (χ4v) is 6.27. The number of benzene rings is 1. The van der Waals surface area contributed by atoms with Crippen LogP contribution in [0.15, 0.2) is 40.0 Å². The largest absolute Gasteiger partial charge is 0.477 e. The van der Waals surface area contributed by atoms with Crippen molar-refractivity contribution in [3.05, 3.63) is 35.7 Å². The molecule has 132 valence electrons. The second-order valence-corrected chi connectivity index (χ2v) is 9.02. The molecule has 1 aromatic heterocycles. The number of thiazole rings is 1. The number of para-hydroxylation sites is 1. The minimum absolute atomic E-state index is 0.0282. The maximum atomic E-state index is 12.0. The normalized spacial score (nSPS) is 18.1. The lowest BCUT2D eigenvalue weighted by atomic mass is 10.1. The van der Waals surface area contributed by atoms with Crippen molar-refractivity contribution < 1.29 is 14.7 Å². The monoisotopic (exact) mass is 395 g/mol. The Morgan fingerprint density at radius 2 is 2.24 bits per heavy atom. The summed E-state index contributed by atoms with van der Waals surface area (Å²) in [4.78, 5) is 29.5. The highest BCUT2D eigenvalue weighted by Crippen LogP contribution is 2.45. The van der Waals surface area contributed by atoms with Crippen molar-refractivity contribution in [1.29, 1.82) is 0 Å². The number of carboxylic acid groups (broad SMARTS) is 1. The van der Waals surface area contributed by atoms with Gasteiger partial charge in [-0.15, -0.1) is 11.3 Å². The molecule has 1 atom stereocenters. The summed E-state index contributed by atoms with van der Waals surface area (Å²) in [5, 5.41) is 12.3. The van der Waals surface area contributed by atoms with E-state index in [0.29, 0.717) is 18.7 Å². The third kappa shape index (κ3) is 3.78. The smallest absolute Gasteiger partial charge is 0.354 e. The number of likely N-dealkylation sites (tertiary alicyclic amines) is 1. The highest BCUT2D eigenvalue weighted by Gasteiger charge is 2.42. The number of allylic oxidation sites excluding steroid dienone is 1. The molecule has 0 bridgehead atoms. The second kappa shape index (κ2) is 7.67. The number of rotatable bonds is 7. The summed E-state index contributed by atoms with van der Waals surface area (Å²) in [7, 11) is 2.95. The quantitative estimate of drug-likeness (QED) is 0.422. The van der Waals surface area contributed by atoms with Crippen LogP contribution < -0.4 is 5.32 Å². The molecule has 2 aromatic rings. The number of carboxylic acids is 1. The van der Waals surface area contributed by atoms with E-state index in [1.807, 2.05) is 31.2 Å². The van der Waals surface area contributed by atoms with Gasteiger partial charge in [0, 0.05) is 12.2 Å². The zero-order chi connectivity index (χ0) is 18.0. The summed E-state index contributed by atoms with van der Waals surface area (Å²) < 4.78 is 2.01.